The molecule has 236 valence electrons. The number of ether oxygens (including phenoxy) is 2. The number of halogens is 1. The SMILES string of the molecule is CCOC(=O)CNC(=O)Nc1ccc2c(c1)CCCc1nc(C(C)C)c(/C=C/[C@@H]3C[C@@H](O)CC(=O)O3)c(-c3ccc(F)cc3)c1-2. The normalized spacial score (nSPS) is 17.7. The van der Waals surface area contributed by atoms with Gasteiger partial charge in [-0.2, -0.15) is 0 Å². The van der Waals surface area contributed by atoms with Gasteiger partial charge in [0.15, 0.2) is 0 Å². The molecule has 5 rings (SSSR count). The number of carbonyl (C=O) groups is 3. The molecule has 1 aliphatic heterocycles. The smallest absolute Gasteiger partial charge is 0.325 e. The summed E-state index contributed by atoms with van der Waals surface area (Å²) in [5.41, 5.74) is 7.80. The molecule has 1 aliphatic carbocycles. The van der Waals surface area contributed by atoms with Gasteiger partial charge in [0.2, 0.25) is 0 Å². The Balaban J connectivity index is 1.60. The zero-order chi connectivity index (χ0) is 32.1. The molecule has 2 atom stereocenters. The van der Waals surface area contributed by atoms with Crippen molar-refractivity contribution in [2.75, 3.05) is 18.5 Å². The van der Waals surface area contributed by atoms with Gasteiger partial charge in [-0.25, -0.2) is 9.18 Å². The van der Waals surface area contributed by atoms with E-state index in [-0.39, 0.29) is 31.3 Å². The van der Waals surface area contributed by atoms with E-state index in [0.29, 0.717) is 12.1 Å². The average Bonchev–Trinajstić information content (AvgIpc) is 3.17. The zero-order valence-corrected chi connectivity index (χ0v) is 25.7. The van der Waals surface area contributed by atoms with Crippen LogP contribution in [0.4, 0.5) is 14.9 Å². The number of carbonyl (C=O) groups excluding carboxylic acids is 3. The van der Waals surface area contributed by atoms with Gasteiger partial charge < -0.3 is 25.2 Å². The van der Waals surface area contributed by atoms with Gasteiger partial charge in [-0.05, 0) is 79.1 Å². The van der Waals surface area contributed by atoms with Crippen molar-refractivity contribution in [3.8, 4) is 22.3 Å². The van der Waals surface area contributed by atoms with Crippen molar-refractivity contribution in [1.29, 1.82) is 0 Å². The summed E-state index contributed by atoms with van der Waals surface area (Å²) in [6, 6.07) is 11.5. The average molecular weight is 616 g/mol. The Kier molecular flexibility index (Phi) is 9.93. The summed E-state index contributed by atoms with van der Waals surface area (Å²) in [4.78, 5) is 41.3. The topological polar surface area (TPSA) is 127 Å². The lowest BCUT2D eigenvalue weighted by Gasteiger charge is -2.25. The predicted molar refractivity (Wildman–Crippen MR) is 169 cm³/mol. The monoisotopic (exact) mass is 615 g/mol. The highest BCUT2D eigenvalue weighted by Crippen LogP contribution is 2.44. The largest absolute Gasteiger partial charge is 0.465 e. The third-order valence-electron chi connectivity index (χ3n) is 7.88. The number of urea groups is 1. The fraction of sp³-hybridized carbons (Fsp3) is 0.371. The highest BCUT2D eigenvalue weighted by molar-refractivity contribution is 5.95. The molecule has 2 amide bonds. The number of rotatable bonds is 8. The minimum Gasteiger partial charge on any atom is -0.465 e. The van der Waals surface area contributed by atoms with E-state index in [9.17, 15) is 23.9 Å². The van der Waals surface area contributed by atoms with Gasteiger partial charge in [-0.15, -0.1) is 0 Å². The molecule has 1 saturated heterocycles. The predicted octanol–water partition coefficient (Wildman–Crippen LogP) is 5.93. The first-order valence-corrected chi connectivity index (χ1v) is 15.3. The van der Waals surface area contributed by atoms with E-state index in [2.05, 4.69) is 24.5 Å². The van der Waals surface area contributed by atoms with E-state index in [1.807, 2.05) is 18.2 Å². The van der Waals surface area contributed by atoms with Crippen molar-refractivity contribution >= 4 is 29.7 Å². The number of nitrogens with zero attached hydrogens (tertiary/aromatic N) is 1. The molecule has 1 fully saturated rings. The summed E-state index contributed by atoms with van der Waals surface area (Å²) >= 11 is 0. The minimum absolute atomic E-state index is 0.0243. The first-order chi connectivity index (χ1) is 21.6. The maximum Gasteiger partial charge on any atom is 0.325 e. The first-order valence-electron chi connectivity index (χ1n) is 15.3. The maximum atomic E-state index is 14.1. The van der Waals surface area contributed by atoms with E-state index >= 15 is 0 Å². The number of amides is 2. The number of pyridine rings is 1. The van der Waals surface area contributed by atoms with Crippen LogP contribution < -0.4 is 10.6 Å². The zero-order valence-electron chi connectivity index (χ0n) is 25.7. The number of cyclic esters (lactones) is 1. The Morgan fingerprint density at radius 3 is 2.64 bits per heavy atom. The molecule has 2 heterocycles. The number of benzene rings is 2. The number of aliphatic hydroxyl groups is 1. The number of esters is 2. The number of nitrogens with one attached hydrogen (secondary N) is 2. The molecule has 0 unspecified atom stereocenters. The summed E-state index contributed by atoms with van der Waals surface area (Å²) < 4.78 is 24.5. The van der Waals surface area contributed by atoms with E-state index in [1.54, 1.807) is 31.2 Å². The van der Waals surface area contributed by atoms with Crippen molar-refractivity contribution in [1.82, 2.24) is 10.3 Å². The summed E-state index contributed by atoms with van der Waals surface area (Å²) in [5, 5.41) is 15.5. The molecule has 10 heteroatoms. The van der Waals surface area contributed by atoms with Gasteiger partial charge in [0.05, 0.1) is 24.8 Å². The van der Waals surface area contributed by atoms with Crippen molar-refractivity contribution < 1.29 is 33.4 Å². The van der Waals surface area contributed by atoms with Gasteiger partial charge in [-0.3, -0.25) is 14.6 Å². The lowest BCUT2D eigenvalue weighted by molar-refractivity contribution is -0.156. The summed E-state index contributed by atoms with van der Waals surface area (Å²) in [5.74, 6) is -1.26. The van der Waals surface area contributed by atoms with Gasteiger partial charge in [0.1, 0.15) is 18.5 Å². The molecule has 3 N–H and O–H groups in total. The number of aryl methyl sites for hydroxylation is 2. The lowest BCUT2D eigenvalue weighted by Crippen LogP contribution is -2.34. The van der Waals surface area contributed by atoms with Gasteiger partial charge >= 0.3 is 18.0 Å². The number of aromatic nitrogens is 1. The number of fused-ring (bicyclic) bond motifs is 3. The van der Waals surface area contributed by atoms with Crippen molar-refractivity contribution in [2.45, 2.75) is 71.0 Å². The number of hydrogen-bond donors (Lipinski definition) is 3. The van der Waals surface area contributed by atoms with Crippen LogP contribution >= 0.6 is 0 Å². The molecule has 2 aliphatic rings. The molecule has 3 aromatic rings. The maximum absolute atomic E-state index is 14.1. The van der Waals surface area contributed by atoms with Crippen LogP contribution in [0.25, 0.3) is 28.3 Å². The highest BCUT2D eigenvalue weighted by Gasteiger charge is 2.28. The second-order valence-corrected chi connectivity index (χ2v) is 11.6. The van der Waals surface area contributed by atoms with Crippen LogP contribution in [0.2, 0.25) is 0 Å². The van der Waals surface area contributed by atoms with Crippen molar-refractivity contribution in [3.05, 3.63) is 76.9 Å². The van der Waals surface area contributed by atoms with Crippen LogP contribution in [0.5, 0.6) is 0 Å². The third-order valence-corrected chi connectivity index (χ3v) is 7.88. The number of hydrogen-bond acceptors (Lipinski definition) is 7. The Morgan fingerprint density at radius 2 is 1.93 bits per heavy atom. The van der Waals surface area contributed by atoms with Crippen LogP contribution in [0, 0.1) is 5.82 Å². The lowest BCUT2D eigenvalue weighted by atomic mass is 9.85. The summed E-state index contributed by atoms with van der Waals surface area (Å²) in [7, 11) is 0. The molecule has 0 radical (unpaired) electrons. The van der Waals surface area contributed by atoms with Crippen LogP contribution in [0.1, 0.15) is 68.5 Å². The molecule has 1 aromatic heterocycles. The Bertz CT molecular complexity index is 1620. The standard InChI is InChI=1S/C35H38FN3O6/c1-4-44-31(42)19-37-35(43)38-24-12-14-27-22(16-24)6-5-7-29-33(27)32(21-8-10-23(36)11-9-21)28(34(39-29)20(2)3)15-13-26-17-25(40)18-30(41)45-26/h8-16,20,25-26,40H,4-7,17-19H2,1-3H3,(H2,37,38,43)/b15-13+/t25-,26-/m1/s1. The van der Waals surface area contributed by atoms with Gasteiger partial charge in [0.25, 0.3) is 0 Å². The Hall–Kier alpha value is -4.57. The van der Waals surface area contributed by atoms with Crippen LogP contribution in [-0.4, -0.2) is 53.4 Å². The van der Waals surface area contributed by atoms with E-state index < -0.39 is 30.2 Å². The first kappa shape index (κ1) is 31.8. The Labute approximate surface area is 261 Å². The van der Waals surface area contributed by atoms with E-state index in [4.69, 9.17) is 14.5 Å². The second-order valence-electron chi connectivity index (χ2n) is 11.6. The molecule has 0 spiro atoms. The van der Waals surface area contributed by atoms with E-state index in [0.717, 1.165) is 64.0 Å². The van der Waals surface area contributed by atoms with Gasteiger partial charge in [-0.1, -0.05) is 38.1 Å². The van der Waals surface area contributed by atoms with E-state index in [1.165, 1.54) is 12.1 Å². The Morgan fingerprint density at radius 1 is 1.16 bits per heavy atom. The molecule has 2 aromatic carbocycles. The summed E-state index contributed by atoms with van der Waals surface area (Å²) in [6.45, 7) is 5.83. The number of anilines is 1. The fourth-order valence-corrected chi connectivity index (χ4v) is 5.90. The summed E-state index contributed by atoms with van der Waals surface area (Å²) in [6.07, 6.45) is 4.92. The van der Waals surface area contributed by atoms with Crippen LogP contribution in [0.3, 0.4) is 0 Å². The van der Waals surface area contributed by atoms with Crippen LogP contribution in [-0.2, 0) is 31.9 Å². The quantitative estimate of drug-likeness (QED) is 0.268. The second kappa shape index (κ2) is 14.0. The molecule has 9 nitrogen and oxygen atoms in total. The molecule has 0 bridgehead atoms. The highest BCUT2D eigenvalue weighted by atomic mass is 19.1. The van der Waals surface area contributed by atoms with Gasteiger partial charge in [0, 0.05) is 34.5 Å². The fourth-order valence-electron chi connectivity index (χ4n) is 5.90. The molecule has 45 heavy (non-hydrogen) atoms. The van der Waals surface area contributed by atoms with Crippen molar-refractivity contribution in [2.24, 2.45) is 0 Å². The molecule has 0 saturated carbocycles. The van der Waals surface area contributed by atoms with Crippen molar-refractivity contribution in [3.63, 3.8) is 0 Å². The number of aliphatic hydroxyl groups excluding tert-OH is 1. The minimum atomic E-state index is -0.769. The van der Waals surface area contributed by atoms with Crippen LogP contribution in [0.15, 0.2) is 48.5 Å². The third kappa shape index (κ3) is 7.57. The molecular formula is C35H38FN3O6. The molecular weight excluding hydrogens is 577 g/mol.